The molecule has 1 aliphatic rings. The number of para-hydroxylation sites is 1. The normalized spacial score (nSPS) is 12.8. The van der Waals surface area contributed by atoms with Crippen LogP contribution in [0, 0.1) is 0 Å². The lowest BCUT2D eigenvalue weighted by molar-refractivity contribution is 0.0910. The van der Waals surface area contributed by atoms with Gasteiger partial charge in [0.1, 0.15) is 19.0 Å². The zero-order chi connectivity index (χ0) is 25.7. The third-order valence-electron chi connectivity index (χ3n) is 7.14. The molecule has 1 aromatic heterocycles. The highest BCUT2D eigenvalue weighted by Gasteiger charge is 2.27. The number of ether oxygens (including phenoxy) is 2. The molecule has 190 valence electrons. The van der Waals surface area contributed by atoms with Crippen LogP contribution in [0.1, 0.15) is 27.9 Å². The van der Waals surface area contributed by atoms with Crippen LogP contribution in [-0.4, -0.2) is 22.1 Å². The van der Waals surface area contributed by atoms with Crippen LogP contribution >= 0.6 is 0 Å². The minimum absolute atomic E-state index is 0.267. The Hall–Kier alpha value is -4.51. The molecule has 0 N–H and O–H groups in total. The number of carbonyl (C=O) groups is 1. The number of amides is 1. The number of fused-ring (bicyclic) bond motifs is 3. The maximum atomic E-state index is 12.9. The van der Waals surface area contributed by atoms with Gasteiger partial charge in [0.2, 0.25) is 0 Å². The number of hydrogen-bond acceptors (Lipinski definition) is 3. The fourth-order valence-electron chi connectivity index (χ4n) is 5.16. The van der Waals surface area contributed by atoms with Crippen molar-refractivity contribution in [3.63, 3.8) is 0 Å². The zero-order valence-corrected chi connectivity index (χ0v) is 21.3. The van der Waals surface area contributed by atoms with E-state index in [4.69, 9.17) is 9.47 Å². The van der Waals surface area contributed by atoms with Crippen molar-refractivity contribution in [2.24, 2.45) is 0 Å². The molecule has 5 heteroatoms. The number of carbonyl (C=O) groups excluding carboxylic acids is 1. The van der Waals surface area contributed by atoms with Gasteiger partial charge in [-0.15, -0.1) is 0 Å². The Bertz CT molecular complexity index is 1530. The fourth-order valence-corrected chi connectivity index (χ4v) is 5.16. The van der Waals surface area contributed by atoms with Gasteiger partial charge in [0, 0.05) is 29.7 Å². The second-order valence-electron chi connectivity index (χ2n) is 9.66. The second-order valence-corrected chi connectivity index (χ2v) is 9.66. The Morgan fingerprint density at radius 3 is 2.11 bits per heavy atom. The van der Waals surface area contributed by atoms with E-state index in [1.807, 2.05) is 65.6 Å². The lowest BCUT2D eigenvalue weighted by Gasteiger charge is -2.28. The van der Waals surface area contributed by atoms with Gasteiger partial charge >= 0.3 is 6.09 Å². The quantitative estimate of drug-likeness (QED) is 0.242. The van der Waals surface area contributed by atoms with Gasteiger partial charge < -0.3 is 18.9 Å². The predicted octanol–water partition coefficient (Wildman–Crippen LogP) is 6.96. The summed E-state index contributed by atoms with van der Waals surface area (Å²) in [5.74, 6) is 0.851. The first-order valence-corrected chi connectivity index (χ1v) is 13.0. The zero-order valence-electron chi connectivity index (χ0n) is 21.3. The Labute approximate surface area is 222 Å². The van der Waals surface area contributed by atoms with E-state index in [2.05, 4.69) is 53.1 Å². The highest BCUT2D eigenvalue weighted by Crippen LogP contribution is 2.32. The van der Waals surface area contributed by atoms with Gasteiger partial charge in [0.25, 0.3) is 0 Å². The van der Waals surface area contributed by atoms with Crippen LogP contribution < -0.4 is 4.74 Å². The molecular formula is C33H30N2O3. The minimum atomic E-state index is -0.267. The van der Waals surface area contributed by atoms with Crippen LogP contribution in [0.3, 0.4) is 0 Å². The van der Waals surface area contributed by atoms with Crippen LogP contribution in [0.5, 0.6) is 5.75 Å². The summed E-state index contributed by atoms with van der Waals surface area (Å²) in [6.45, 7) is 2.75. The van der Waals surface area contributed by atoms with Crippen LogP contribution in [-0.2, 0) is 37.5 Å². The second kappa shape index (κ2) is 10.9. The first-order valence-electron chi connectivity index (χ1n) is 13.0. The van der Waals surface area contributed by atoms with E-state index in [9.17, 15) is 4.79 Å². The molecule has 1 aliphatic heterocycles. The van der Waals surface area contributed by atoms with E-state index in [1.54, 1.807) is 0 Å². The molecule has 0 saturated carbocycles. The van der Waals surface area contributed by atoms with E-state index < -0.39 is 0 Å². The molecule has 2 heterocycles. The summed E-state index contributed by atoms with van der Waals surface area (Å²) in [7, 11) is 0. The Kier molecular flexibility index (Phi) is 6.81. The Morgan fingerprint density at radius 2 is 1.37 bits per heavy atom. The number of benzene rings is 4. The molecule has 38 heavy (non-hydrogen) atoms. The first-order chi connectivity index (χ1) is 18.7. The Morgan fingerprint density at radius 1 is 0.711 bits per heavy atom. The van der Waals surface area contributed by atoms with E-state index in [0.717, 1.165) is 29.8 Å². The lowest BCUT2D eigenvalue weighted by atomic mass is 10.0. The summed E-state index contributed by atoms with van der Waals surface area (Å²) in [4.78, 5) is 14.8. The molecule has 5 nitrogen and oxygen atoms in total. The average Bonchev–Trinajstić information content (AvgIpc) is 3.29. The van der Waals surface area contributed by atoms with Crippen molar-refractivity contribution in [2.75, 3.05) is 6.54 Å². The van der Waals surface area contributed by atoms with Crippen molar-refractivity contribution in [2.45, 2.75) is 32.7 Å². The molecule has 0 bridgehead atoms. The van der Waals surface area contributed by atoms with Crippen molar-refractivity contribution < 1.29 is 14.3 Å². The highest BCUT2D eigenvalue weighted by molar-refractivity contribution is 5.86. The number of nitrogens with zero attached hydrogens (tertiary/aromatic N) is 2. The minimum Gasteiger partial charge on any atom is -0.489 e. The van der Waals surface area contributed by atoms with Crippen LogP contribution in [0.15, 0.2) is 109 Å². The number of hydrogen-bond donors (Lipinski definition) is 0. The molecule has 6 rings (SSSR count). The molecule has 0 fully saturated rings. The van der Waals surface area contributed by atoms with Gasteiger partial charge in [0.05, 0.1) is 6.54 Å². The largest absolute Gasteiger partial charge is 0.489 e. The van der Waals surface area contributed by atoms with Crippen molar-refractivity contribution in [3.05, 3.63) is 137 Å². The predicted molar refractivity (Wildman–Crippen MR) is 149 cm³/mol. The molecule has 0 radical (unpaired) electrons. The highest BCUT2D eigenvalue weighted by atomic mass is 16.6. The van der Waals surface area contributed by atoms with Crippen molar-refractivity contribution in [1.29, 1.82) is 0 Å². The van der Waals surface area contributed by atoms with Gasteiger partial charge in [-0.3, -0.25) is 0 Å². The smallest absolute Gasteiger partial charge is 0.410 e. The van der Waals surface area contributed by atoms with Crippen LogP contribution in [0.25, 0.3) is 10.9 Å². The summed E-state index contributed by atoms with van der Waals surface area (Å²) in [6, 6.07) is 36.8. The summed E-state index contributed by atoms with van der Waals surface area (Å²) in [5, 5.41) is 1.27. The Balaban J connectivity index is 1.19. The topological polar surface area (TPSA) is 43.7 Å². The lowest BCUT2D eigenvalue weighted by Crippen LogP contribution is -2.37. The summed E-state index contributed by atoms with van der Waals surface area (Å²) < 4.78 is 14.0. The molecule has 0 atom stereocenters. The number of rotatable bonds is 7. The maximum Gasteiger partial charge on any atom is 0.410 e. The van der Waals surface area contributed by atoms with E-state index in [1.165, 1.54) is 27.7 Å². The van der Waals surface area contributed by atoms with Gasteiger partial charge in [-0.2, -0.15) is 0 Å². The van der Waals surface area contributed by atoms with Crippen LogP contribution in [0.2, 0.25) is 0 Å². The molecule has 0 aliphatic carbocycles. The summed E-state index contributed by atoms with van der Waals surface area (Å²) in [6.07, 6.45) is 0.548. The van der Waals surface area contributed by atoms with Gasteiger partial charge in [-0.05, 0) is 46.9 Å². The summed E-state index contributed by atoms with van der Waals surface area (Å²) >= 11 is 0. The van der Waals surface area contributed by atoms with E-state index in [0.29, 0.717) is 19.7 Å². The maximum absolute atomic E-state index is 12.9. The number of aromatic nitrogens is 1. The van der Waals surface area contributed by atoms with E-state index >= 15 is 0 Å². The SMILES string of the molecule is O=C(OCc1ccccc1)N1CCc2c(n(Cc3ccc(OCc4ccccc4)cc3)c3ccccc23)C1. The monoisotopic (exact) mass is 502 g/mol. The molecule has 4 aromatic carbocycles. The first kappa shape index (κ1) is 23.9. The third-order valence-corrected chi connectivity index (χ3v) is 7.14. The van der Waals surface area contributed by atoms with Crippen molar-refractivity contribution >= 4 is 17.0 Å². The standard InChI is InChI=1S/C33H30N2O3/c36-33(38-24-27-11-5-2-6-12-27)34-20-19-30-29-13-7-8-14-31(29)35(32(30)22-34)21-25-15-17-28(18-16-25)37-23-26-9-3-1-4-10-26/h1-18H,19-24H2. The molecule has 0 saturated heterocycles. The average molecular weight is 503 g/mol. The molecule has 0 unspecified atom stereocenters. The molecule has 1 amide bonds. The molecule has 0 spiro atoms. The van der Waals surface area contributed by atoms with Crippen molar-refractivity contribution in [3.8, 4) is 5.75 Å². The van der Waals surface area contributed by atoms with Gasteiger partial charge in [0.15, 0.2) is 0 Å². The summed E-state index contributed by atoms with van der Waals surface area (Å²) in [5.41, 5.74) is 7.03. The van der Waals surface area contributed by atoms with Crippen LogP contribution in [0.4, 0.5) is 4.79 Å². The third kappa shape index (κ3) is 5.14. The van der Waals surface area contributed by atoms with E-state index in [-0.39, 0.29) is 12.7 Å². The van der Waals surface area contributed by atoms with Gasteiger partial charge in [-0.1, -0.05) is 91.0 Å². The van der Waals surface area contributed by atoms with Crippen molar-refractivity contribution in [1.82, 2.24) is 9.47 Å². The van der Waals surface area contributed by atoms with Gasteiger partial charge in [-0.25, -0.2) is 4.79 Å². The molecular weight excluding hydrogens is 472 g/mol. The fraction of sp³-hybridized carbons (Fsp3) is 0.182. The molecule has 5 aromatic rings.